The van der Waals surface area contributed by atoms with Gasteiger partial charge in [0, 0.05) is 23.6 Å². The SMILES string of the molecule is CC[C@@H](C(=O)NC)N(Cc1ccc(Cl)cc1)C(=O)CN(c1ccc(C)c(C)c1)S(=O)(=O)c1ccc(Cl)cc1. The predicted octanol–water partition coefficient (Wildman–Crippen LogP) is 5.36. The van der Waals surface area contributed by atoms with Crippen LogP contribution in [0.15, 0.2) is 71.6 Å². The van der Waals surface area contributed by atoms with Gasteiger partial charge in [0.1, 0.15) is 12.6 Å². The molecule has 0 aromatic heterocycles. The first kappa shape index (κ1) is 29.5. The quantitative estimate of drug-likeness (QED) is 0.352. The number of carbonyl (C=O) groups is 2. The Labute approximate surface area is 234 Å². The number of sulfonamides is 1. The molecule has 38 heavy (non-hydrogen) atoms. The van der Waals surface area contributed by atoms with E-state index in [0.29, 0.717) is 22.2 Å². The fraction of sp³-hybridized carbons (Fsp3) is 0.286. The minimum Gasteiger partial charge on any atom is -0.357 e. The number of nitrogens with one attached hydrogen (secondary N) is 1. The number of aryl methyl sites for hydroxylation is 2. The number of benzene rings is 3. The van der Waals surface area contributed by atoms with E-state index in [4.69, 9.17) is 23.2 Å². The molecule has 0 aliphatic carbocycles. The van der Waals surface area contributed by atoms with Crippen molar-refractivity contribution in [3.05, 3.63) is 93.5 Å². The Balaban J connectivity index is 2.08. The van der Waals surface area contributed by atoms with Crippen molar-refractivity contribution in [2.24, 2.45) is 0 Å². The monoisotopic (exact) mass is 575 g/mol. The van der Waals surface area contributed by atoms with Gasteiger partial charge in [-0.1, -0.05) is 48.3 Å². The topological polar surface area (TPSA) is 86.8 Å². The molecule has 0 bridgehead atoms. The molecular formula is C28H31Cl2N3O4S. The Morgan fingerprint density at radius 2 is 1.47 bits per heavy atom. The van der Waals surface area contributed by atoms with E-state index in [1.807, 2.05) is 19.9 Å². The summed E-state index contributed by atoms with van der Waals surface area (Å²) in [5.74, 6) is -0.862. The minimum atomic E-state index is -4.16. The van der Waals surface area contributed by atoms with Gasteiger partial charge in [-0.2, -0.15) is 0 Å². The van der Waals surface area contributed by atoms with Crippen LogP contribution in [0.1, 0.15) is 30.0 Å². The fourth-order valence-electron chi connectivity index (χ4n) is 4.02. The van der Waals surface area contributed by atoms with E-state index in [-0.39, 0.29) is 17.3 Å². The van der Waals surface area contributed by atoms with Crippen LogP contribution in [0.5, 0.6) is 0 Å². The second kappa shape index (κ2) is 12.7. The van der Waals surface area contributed by atoms with Crippen molar-refractivity contribution in [2.45, 2.75) is 44.7 Å². The number of amides is 2. The average molecular weight is 577 g/mol. The molecule has 7 nitrogen and oxygen atoms in total. The third kappa shape index (κ3) is 6.87. The molecular weight excluding hydrogens is 545 g/mol. The molecule has 0 spiro atoms. The number of anilines is 1. The Morgan fingerprint density at radius 3 is 2.00 bits per heavy atom. The molecule has 0 saturated carbocycles. The summed E-state index contributed by atoms with van der Waals surface area (Å²) in [6.45, 7) is 5.19. The summed E-state index contributed by atoms with van der Waals surface area (Å²) >= 11 is 12.0. The van der Waals surface area contributed by atoms with Crippen LogP contribution < -0.4 is 9.62 Å². The van der Waals surface area contributed by atoms with Gasteiger partial charge in [0.05, 0.1) is 10.6 Å². The highest BCUT2D eigenvalue weighted by Gasteiger charge is 2.33. The van der Waals surface area contributed by atoms with E-state index in [2.05, 4.69) is 5.32 Å². The van der Waals surface area contributed by atoms with Crippen LogP contribution in [0.4, 0.5) is 5.69 Å². The molecule has 1 N–H and O–H groups in total. The average Bonchev–Trinajstić information content (AvgIpc) is 2.89. The summed E-state index contributed by atoms with van der Waals surface area (Å²) in [6, 6.07) is 17.1. The highest BCUT2D eigenvalue weighted by Crippen LogP contribution is 2.27. The third-order valence-corrected chi connectivity index (χ3v) is 8.65. The van der Waals surface area contributed by atoms with Crippen molar-refractivity contribution in [1.82, 2.24) is 10.2 Å². The number of likely N-dealkylation sites (N-methyl/N-ethyl adjacent to an activating group) is 1. The number of carbonyl (C=O) groups excluding carboxylic acids is 2. The molecule has 0 aliphatic rings. The summed E-state index contributed by atoms with van der Waals surface area (Å²) in [4.78, 5) is 28.1. The smallest absolute Gasteiger partial charge is 0.264 e. The second-order valence-corrected chi connectivity index (χ2v) is 11.7. The highest BCUT2D eigenvalue weighted by molar-refractivity contribution is 7.92. The Morgan fingerprint density at radius 1 is 0.895 bits per heavy atom. The lowest BCUT2D eigenvalue weighted by Crippen LogP contribution is -2.51. The summed E-state index contributed by atoms with van der Waals surface area (Å²) in [5, 5.41) is 3.54. The molecule has 3 aromatic rings. The fourth-order valence-corrected chi connectivity index (χ4v) is 5.67. The normalized spacial score (nSPS) is 12.1. The lowest BCUT2D eigenvalue weighted by Gasteiger charge is -2.33. The van der Waals surface area contributed by atoms with Gasteiger partial charge in [-0.15, -0.1) is 0 Å². The van der Waals surface area contributed by atoms with Crippen molar-refractivity contribution >= 4 is 50.7 Å². The summed E-state index contributed by atoms with van der Waals surface area (Å²) in [7, 11) is -2.65. The van der Waals surface area contributed by atoms with E-state index in [1.54, 1.807) is 43.3 Å². The van der Waals surface area contributed by atoms with Crippen molar-refractivity contribution in [3.8, 4) is 0 Å². The van der Waals surface area contributed by atoms with Crippen LogP contribution in [0, 0.1) is 13.8 Å². The van der Waals surface area contributed by atoms with Crippen LogP contribution in [0.3, 0.4) is 0 Å². The molecule has 0 saturated heterocycles. The van der Waals surface area contributed by atoms with Gasteiger partial charge < -0.3 is 10.2 Å². The maximum atomic E-state index is 13.9. The molecule has 0 fully saturated rings. The number of hydrogen-bond acceptors (Lipinski definition) is 4. The van der Waals surface area contributed by atoms with Gasteiger partial charge in [-0.25, -0.2) is 8.42 Å². The first-order valence-electron chi connectivity index (χ1n) is 12.1. The standard InChI is InChI=1S/C28H31Cl2N3O4S/c1-5-26(28(35)31-4)32(17-21-7-9-22(29)10-8-21)27(34)18-33(24-13-6-19(2)20(3)16-24)38(36,37)25-14-11-23(30)12-15-25/h6-16,26H,5,17-18H2,1-4H3,(H,31,35)/t26-/m0/s1. The van der Waals surface area contributed by atoms with Gasteiger partial charge in [0.25, 0.3) is 10.0 Å². The minimum absolute atomic E-state index is 0.00415. The van der Waals surface area contributed by atoms with Crippen LogP contribution >= 0.6 is 23.2 Å². The lowest BCUT2D eigenvalue weighted by atomic mass is 10.1. The van der Waals surface area contributed by atoms with Crippen molar-refractivity contribution < 1.29 is 18.0 Å². The van der Waals surface area contributed by atoms with E-state index < -0.39 is 28.5 Å². The molecule has 1 atom stereocenters. The summed E-state index contributed by atoms with van der Waals surface area (Å²) in [5.41, 5.74) is 2.96. The van der Waals surface area contributed by atoms with E-state index >= 15 is 0 Å². The van der Waals surface area contributed by atoms with Gasteiger partial charge in [-0.05, 0) is 85.5 Å². The first-order valence-corrected chi connectivity index (χ1v) is 14.3. The van der Waals surface area contributed by atoms with Crippen LogP contribution in [0.2, 0.25) is 10.0 Å². The third-order valence-electron chi connectivity index (χ3n) is 6.36. The molecule has 2 amide bonds. The Kier molecular flexibility index (Phi) is 9.82. The van der Waals surface area contributed by atoms with Gasteiger partial charge >= 0.3 is 0 Å². The second-order valence-electron chi connectivity index (χ2n) is 8.92. The molecule has 202 valence electrons. The van der Waals surface area contributed by atoms with Crippen molar-refractivity contribution in [1.29, 1.82) is 0 Å². The highest BCUT2D eigenvalue weighted by atomic mass is 35.5. The van der Waals surface area contributed by atoms with E-state index in [1.165, 1.54) is 36.2 Å². The number of nitrogens with zero attached hydrogens (tertiary/aromatic N) is 2. The number of hydrogen-bond donors (Lipinski definition) is 1. The lowest BCUT2D eigenvalue weighted by molar-refractivity contribution is -0.140. The summed E-state index contributed by atoms with van der Waals surface area (Å²) in [6.07, 6.45) is 0.340. The molecule has 0 radical (unpaired) electrons. The van der Waals surface area contributed by atoms with Gasteiger partial charge in [0.15, 0.2) is 0 Å². The number of halogens is 2. The van der Waals surface area contributed by atoms with E-state index in [0.717, 1.165) is 21.0 Å². The van der Waals surface area contributed by atoms with Crippen molar-refractivity contribution in [2.75, 3.05) is 17.9 Å². The maximum absolute atomic E-state index is 13.9. The maximum Gasteiger partial charge on any atom is 0.264 e. The Bertz CT molecular complexity index is 1390. The first-order chi connectivity index (χ1) is 18.0. The molecule has 10 heteroatoms. The molecule has 3 rings (SSSR count). The molecule has 0 unspecified atom stereocenters. The van der Waals surface area contributed by atoms with Gasteiger partial charge in [0.2, 0.25) is 11.8 Å². The largest absolute Gasteiger partial charge is 0.357 e. The zero-order valence-corrected chi connectivity index (χ0v) is 24.1. The van der Waals surface area contributed by atoms with Crippen molar-refractivity contribution in [3.63, 3.8) is 0 Å². The van der Waals surface area contributed by atoms with Crippen LogP contribution in [0.25, 0.3) is 0 Å². The summed E-state index contributed by atoms with van der Waals surface area (Å²) < 4.78 is 28.8. The van der Waals surface area contributed by atoms with Gasteiger partial charge in [-0.3, -0.25) is 13.9 Å². The zero-order valence-electron chi connectivity index (χ0n) is 21.7. The van der Waals surface area contributed by atoms with E-state index in [9.17, 15) is 18.0 Å². The van der Waals surface area contributed by atoms with Crippen LogP contribution in [-0.2, 0) is 26.2 Å². The number of rotatable bonds is 10. The Hall–Kier alpha value is -3.07. The molecule has 0 aliphatic heterocycles. The zero-order chi connectivity index (χ0) is 28.0. The van der Waals surface area contributed by atoms with Crippen LogP contribution in [-0.4, -0.2) is 44.8 Å². The molecule has 0 heterocycles. The molecule has 3 aromatic carbocycles. The predicted molar refractivity (Wildman–Crippen MR) is 152 cm³/mol.